The van der Waals surface area contributed by atoms with Crippen LogP contribution in [0.15, 0.2) is 32.4 Å². The Hall–Kier alpha value is -2.11. The fourth-order valence-corrected chi connectivity index (χ4v) is 4.79. The maximum absolute atomic E-state index is 12.5. The molecule has 1 N–H and O–H groups in total. The van der Waals surface area contributed by atoms with Gasteiger partial charge >= 0.3 is 5.97 Å². The average Bonchev–Trinajstić information content (AvgIpc) is 3.38. The number of thiophene rings is 1. The van der Waals surface area contributed by atoms with E-state index in [1.54, 1.807) is 19.1 Å². The SMILES string of the molecule is CCOC(=O)c1cc(C)sc1NC(=O)CSc1nnc(-c2ccc(Br)o2)n1C(C)C. The van der Waals surface area contributed by atoms with E-state index >= 15 is 0 Å². The van der Waals surface area contributed by atoms with E-state index in [1.165, 1.54) is 23.1 Å². The fourth-order valence-electron chi connectivity index (χ4n) is 2.70. The van der Waals surface area contributed by atoms with Crippen molar-refractivity contribution in [2.24, 2.45) is 0 Å². The van der Waals surface area contributed by atoms with Gasteiger partial charge in [0, 0.05) is 10.9 Å². The van der Waals surface area contributed by atoms with E-state index in [9.17, 15) is 9.59 Å². The lowest BCUT2D eigenvalue weighted by Gasteiger charge is -2.12. The third kappa shape index (κ3) is 5.13. The minimum absolute atomic E-state index is 0.0693. The molecular formula is C19H21BrN4O4S2. The van der Waals surface area contributed by atoms with Crippen LogP contribution in [0.2, 0.25) is 0 Å². The van der Waals surface area contributed by atoms with E-state index in [2.05, 4.69) is 31.4 Å². The number of furan rings is 1. The van der Waals surface area contributed by atoms with Crippen LogP contribution in [0.25, 0.3) is 11.6 Å². The van der Waals surface area contributed by atoms with Crippen LogP contribution >= 0.6 is 39.0 Å². The number of hydrogen-bond donors (Lipinski definition) is 1. The highest BCUT2D eigenvalue weighted by molar-refractivity contribution is 9.10. The van der Waals surface area contributed by atoms with Gasteiger partial charge in [-0.1, -0.05) is 11.8 Å². The molecule has 160 valence electrons. The summed E-state index contributed by atoms with van der Waals surface area (Å²) in [4.78, 5) is 25.5. The number of carbonyl (C=O) groups is 2. The lowest BCUT2D eigenvalue weighted by molar-refractivity contribution is -0.113. The average molecular weight is 513 g/mol. The van der Waals surface area contributed by atoms with Crippen molar-refractivity contribution in [1.82, 2.24) is 14.8 Å². The minimum Gasteiger partial charge on any atom is -0.462 e. The number of anilines is 1. The zero-order valence-corrected chi connectivity index (χ0v) is 20.1. The normalized spacial score (nSPS) is 11.1. The zero-order chi connectivity index (χ0) is 21.8. The van der Waals surface area contributed by atoms with Crippen molar-refractivity contribution in [2.45, 2.75) is 38.9 Å². The molecule has 0 aliphatic rings. The van der Waals surface area contributed by atoms with Gasteiger partial charge < -0.3 is 14.5 Å². The van der Waals surface area contributed by atoms with Crippen molar-refractivity contribution in [2.75, 3.05) is 17.7 Å². The van der Waals surface area contributed by atoms with Gasteiger partial charge in [0.2, 0.25) is 11.7 Å². The lowest BCUT2D eigenvalue weighted by Crippen LogP contribution is -2.16. The van der Waals surface area contributed by atoms with Crippen molar-refractivity contribution < 1.29 is 18.7 Å². The topological polar surface area (TPSA) is 99.2 Å². The molecule has 0 atom stereocenters. The van der Waals surface area contributed by atoms with Crippen LogP contribution in [0.5, 0.6) is 0 Å². The summed E-state index contributed by atoms with van der Waals surface area (Å²) in [5.74, 6) is 0.613. The summed E-state index contributed by atoms with van der Waals surface area (Å²) >= 11 is 5.90. The molecule has 0 aliphatic carbocycles. The Kier molecular flexibility index (Phi) is 7.37. The first-order valence-corrected chi connectivity index (χ1v) is 11.8. The maximum Gasteiger partial charge on any atom is 0.341 e. The van der Waals surface area contributed by atoms with E-state index in [-0.39, 0.29) is 24.3 Å². The number of amides is 1. The highest BCUT2D eigenvalue weighted by atomic mass is 79.9. The van der Waals surface area contributed by atoms with Crippen LogP contribution in [0.3, 0.4) is 0 Å². The molecule has 0 spiro atoms. The molecule has 11 heteroatoms. The van der Waals surface area contributed by atoms with Crippen molar-refractivity contribution in [3.8, 4) is 11.6 Å². The predicted molar refractivity (Wildman–Crippen MR) is 120 cm³/mol. The van der Waals surface area contributed by atoms with Crippen LogP contribution in [0.1, 0.15) is 42.0 Å². The third-order valence-electron chi connectivity index (χ3n) is 3.91. The van der Waals surface area contributed by atoms with Crippen LogP contribution in [-0.4, -0.2) is 39.0 Å². The second-order valence-electron chi connectivity index (χ2n) is 6.53. The minimum atomic E-state index is -0.446. The first-order valence-electron chi connectivity index (χ1n) is 9.21. The van der Waals surface area contributed by atoms with E-state index < -0.39 is 5.97 Å². The number of carbonyl (C=O) groups excluding carboxylic acids is 2. The summed E-state index contributed by atoms with van der Waals surface area (Å²) in [5, 5.41) is 12.4. The van der Waals surface area contributed by atoms with Gasteiger partial charge in [0.25, 0.3) is 0 Å². The Morgan fingerprint density at radius 3 is 2.77 bits per heavy atom. The monoisotopic (exact) mass is 512 g/mol. The Balaban J connectivity index is 1.71. The molecule has 0 aromatic carbocycles. The molecule has 30 heavy (non-hydrogen) atoms. The lowest BCUT2D eigenvalue weighted by atomic mass is 10.3. The van der Waals surface area contributed by atoms with Gasteiger partial charge in [-0.3, -0.25) is 9.36 Å². The third-order valence-corrected chi connectivity index (χ3v) is 6.25. The van der Waals surface area contributed by atoms with Crippen molar-refractivity contribution in [3.05, 3.63) is 33.3 Å². The molecule has 3 aromatic heterocycles. The number of esters is 1. The van der Waals surface area contributed by atoms with Crippen molar-refractivity contribution in [3.63, 3.8) is 0 Å². The van der Waals surface area contributed by atoms with E-state index in [4.69, 9.17) is 9.15 Å². The Bertz CT molecular complexity index is 1060. The molecular weight excluding hydrogens is 492 g/mol. The second kappa shape index (κ2) is 9.80. The first-order chi connectivity index (χ1) is 14.3. The van der Waals surface area contributed by atoms with Crippen molar-refractivity contribution >= 4 is 55.9 Å². The number of ether oxygens (including phenoxy) is 1. The Morgan fingerprint density at radius 2 is 2.13 bits per heavy atom. The molecule has 0 unspecified atom stereocenters. The summed E-state index contributed by atoms with van der Waals surface area (Å²) in [6.45, 7) is 7.91. The van der Waals surface area contributed by atoms with Crippen LogP contribution in [0, 0.1) is 6.92 Å². The molecule has 0 radical (unpaired) electrons. The number of thioether (sulfide) groups is 1. The predicted octanol–water partition coefficient (Wildman–Crippen LogP) is 5.16. The molecule has 0 aliphatic heterocycles. The largest absolute Gasteiger partial charge is 0.462 e. The van der Waals surface area contributed by atoms with Gasteiger partial charge in [-0.2, -0.15) is 0 Å². The molecule has 1 amide bonds. The Morgan fingerprint density at radius 1 is 1.37 bits per heavy atom. The number of aromatic nitrogens is 3. The van der Waals surface area contributed by atoms with E-state index in [1.807, 2.05) is 31.4 Å². The van der Waals surface area contributed by atoms with Gasteiger partial charge in [-0.15, -0.1) is 21.5 Å². The van der Waals surface area contributed by atoms with Gasteiger partial charge in [-0.25, -0.2) is 4.79 Å². The van der Waals surface area contributed by atoms with Crippen LogP contribution in [-0.2, 0) is 9.53 Å². The highest BCUT2D eigenvalue weighted by Crippen LogP contribution is 2.31. The summed E-state index contributed by atoms with van der Waals surface area (Å²) in [6.07, 6.45) is 0. The smallest absolute Gasteiger partial charge is 0.341 e. The quantitative estimate of drug-likeness (QED) is 0.328. The van der Waals surface area contributed by atoms with Crippen LogP contribution in [0.4, 0.5) is 5.00 Å². The second-order valence-corrected chi connectivity index (χ2v) is 9.51. The number of rotatable bonds is 8. The highest BCUT2D eigenvalue weighted by Gasteiger charge is 2.21. The maximum atomic E-state index is 12.5. The standard InChI is InChI=1S/C19H21BrN4O4S2/c1-5-27-18(26)12-8-11(4)30-17(12)21-15(25)9-29-19-23-22-16(24(19)10(2)3)13-6-7-14(20)28-13/h6-8,10H,5,9H2,1-4H3,(H,21,25). The molecule has 0 bridgehead atoms. The number of nitrogens with zero attached hydrogens (tertiary/aromatic N) is 3. The molecule has 0 saturated heterocycles. The molecule has 0 saturated carbocycles. The van der Waals surface area contributed by atoms with Gasteiger partial charge in [0.15, 0.2) is 15.6 Å². The van der Waals surface area contributed by atoms with Gasteiger partial charge in [0.1, 0.15) is 5.00 Å². The van der Waals surface area contributed by atoms with E-state index in [0.717, 1.165) is 4.88 Å². The Labute approximate surface area is 190 Å². The van der Waals surface area contributed by atoms with E-state index in [0.29, 0.717) is 32.0 Å². The number of aryl methyl sites for hydroxylation is 1. The molecule has 3 heterocycles. The molecule has 8 nitrogen and oxygen atoms in total. The summed E-state index contributed by atoms with van der Waals surface area (Å²) in [6, 6.07) is 5.39. The zero-order valence-electron chi connectivity index (χ0n) is 16.9. The van der Waals surface area contributed by atoms with Crippen LogP contribution < -0.4 is 5.32 Å². The number of hydrogen-bond acceptors (Lipinski definition) is 8. The number of nitrogens with one attached hydrogen (secondary N) is 1. The molecule has 3 aromatic rings. The molecule has 0 fully saturated rings. The molecule has 3 rings (SSSR count). The number of halogens is 1. The fraction of sp³-hybridized carbons (Fsp3) is 0.368. The van der Waals surface area contributed by atoms with Gasteiger partial charge in [0.05, 0.1) is 17.9 Å². The van der Waals surface area contributed by atoms with Crippen molar-refractivity contribution in [1.29, 1.82) is 0 Å². The summed E-state index contributed by atoms with van der Waals surface area (Å²) in [5.41, 5.74) is 0.369. The first kappa shape index (κ1) is 22.6. The summed E-state index contributed by atoms with van der Waals surface area (Å²) in [7, 11) is 0. The summed E-state index contributed by atoms with van der Waals surface area (Å²) < 4.78 is 13.2. The van der Waals surface area contributed by atoms with Gasteiger partial charge in [-0.05, 0) is 61.8 Å².